The summed E-state index contributed by atoms with van der Waals surface area (Å²) >= 11 is 0. The topological polar surface area (TPSA) is 50.9 Å². The number of pyridine rings is 1. The molecule has 100 valence electrons. The Labute approximate surface area is 114 Å². The zero-order chi connectivity index (χ0) is 13.8. The largest absolute Gasteiger partial charge is 0.340 e. The van der Waals surface area contributed by atoms with Gasteiger partial charge < -0.3 is 11.1 Å². The standard InChI is InChI=1S/C16H21N3/c1-11(2)16-13(10-17)5-4-6-14(16)19-15-9-12(3)7-8-18-15/h4-9,11H,10,17H2,1-3H3,(H,18,19). The van der Waals surface area contributed by atoms with Crippen LogP contribution in [0.15, 0.2) is 36.5 Å². The highest BCUT2D eigenvalue weighted by molar-refractivity contribution is 5.63. The molecule has 0 aliphatic rings. The Morgan fingerprint density at radius 3 is 2.68 bits per heavy atom. The van der Waals surface area contributed by atoms with E-state index in [1.807, 2.05) is 24.4 Å². The van der Waals surface area contributed by atoms with Crippen LogP contribution in [0.2, 0.25) is 0 Å². The summed E-state index contributed by atoms with van der Waals surface area (Å²) in [5.74, 6) is 1.29. The van der Waals surface area contributed by atoms with E-state index >= 15 is 0 Å². The SMILES string of the molecule is Cc1ccnc(Nc2cccc(CN)c2C(C)C)c1. The van der Waals surface area contributed by atoms with Gasteiger partial charge in [-0.15, -0.1) is 0 Å². The minimum Gasteiger partial charge on any atom is -0.340 e. The molecule has 0 saturated carbocycles. The van der Waals surface area contributed by atoms with Crippen LogP contribution in [0, 0.1) is 6.92 Å². The van der Waals surface area contributed by atoms with E-state index in [1.165, 1.54) is 16.7 Å². The predicted octanol–water partition coefficient (Wildman–Crippen LogP) is 3.72. The lowest BCUT2D eigenvalue weighted by molar-refractivity contribution is 0.842. The van der Waals surface area contributed by atoms with Crippen LogP contribution in [0.5, 0.6) is 0 Å². The Balaban J connectivity index is 2.39. The molecule has 3 heteroatoms. The third-order valence-corrected chi connectivity index (χ3v) is 3.17. The molecule has 3 N–H and O–H groups in total. The maximum Gasteiger partial charge on any atom is 0.130 e. The van der Waals surface area contributed by atoms with Gasteiger partial charge in [-0.3, -0.25) is 0 Å². The van der Waals surface area contributed by atoms with Gasteiger partial charge in [0, 0.05) is 18.4 Å². The first-order valence-corrected chi connectivity index (χ1v) is 6.63. The number of nitrogens with one attached hydrogen (secondary N) is 1. The molecule has 0 amide bonds. The molecule has 0 bridgehead atoms. The van der Waals surface area contributed by atoms with Crippen molar-refractivity contribution < 1.29 is 0 Å². The summed E-state index contributed by atoms with van der Waals surface area (Å²) < 4.78 is 0. The van der Waals surface area contributed by atoms with E-state index < -0.39 is 0 Å². The first kappa shape index (κ1) is 13.6. The molecule has 0 atom stereocenters. The highest BCUT2D eigenvalue weighted by Crippen LogP contribution is 2.29. The lowest BCUT2D eigenvalue weighted by Crippen LogP contribution is -2.07. The van der Waals surface area contributed by atoms with Crippen molar-refractivity contribution in [1.82, 2.24) is 4.98 Å². The summed E-state index contributed by atoms with van der Waals surface area (Å²) in [6, 6.07) is 10.2. The highest BCUT2D eigenvalue weighted by atomic mass is 15.0. The lowest BCUT2D eigenvalue weighted by atomic mass is 9.95. The van der Waals surface area contributed by atoms with Crippen molar-refractivity contribution in [1.29, 1.82) is 0 Å². The Morgan fingerprint density at radius 1 is 1.26 bits per heavy atom. The summed E-state index contributed by atoms with van der Waals surface area (Å²) in [4.78, 5) is 4.35. The molecule has 0 aliphatic heterocycles. The van der Waals surface area contributed by atoms with Crippen LogP contribution in [0.3, 0.4) is 0 Å². The Morgan fingerprint density at radius 2 is 2.05 bits per heavy atom. The molecule has 0 aliphatic carbocycles. The maximum atomic E-state index is 5.83. The van der Waals surface area contributed by atoms with Gasteiger partial charge >= 0.3 is 0 Å². The molecule has 0 unspecified atom stereocenters. The molecule has 0 saturated heterocycles. The first-order valence-electron chi connectivity index (χ1n) is 6.63. The third-order valence-electron chi connectivity index (χ3n) is 3.17. The molecule has 0 fully saturated rings. The number of hydrogen-bond acceptors (Lipinski definition) is 3. The second-order valence-electron chi connectivity index (χ2n) is 5.08. The van der Waals surface area contributed by atoms with Crippen LogP contribution >= 0.6 is 0 Å². The second kappa shape index (κ2) is 5.85. The molecule has 0 spiro atoms. The average Bonchev–Trinajstić information content (AvgIpc) is 2.38. The molecule has 1 aromatic carbocycles. The predicted molar refractivity (Wildman–Crippen MR) is 80.7 cm³/mol. The van der Waals surface area contributed by atoms with E-state index in [4.69, 9.17) is 5.73 Å². The number of aromatic nitrogens is 1. The van der Waals surface area contributed by atoms with Crippen molar-refractivity contribution in [3.63, 3.8) is 0 Å². The van der Waals surface area contributed by atoms with Crippen molar-refractivity contribution in [3.05, 3.63) is 53.2 Å². The van der Waals surface area contributed by atoms with Crippen LogP contribution in [0.25, 0.3) is 0 Å². The van der Waals surface area contributed by atoms with Gasteiger partial charge in [-0.2, -0.15) is 0 Å². The maximum absolute atomic E-state index is 5.83. The molecule has 2 aromatic rings. The number of rotatable bonds is 4. The van der Waals surface area contributed by atoms with E-state index in [2.05, 4.69) is 43.2 Å². The van der Waals surface area contributed by atoms with E-state index in [-0.39, 0.29) is 0 Å². The first-order chi connectivity index (χ1) is 9.11. The normalized spacial score (nSPS) is 10.8. The lowest BCUT2D eigenvalue weighted by Gasteiger charge is -2.18. The van der Waals surface area contributed by atoms with Crippen LogP contribution in [0.4, 0.5) is 11.5 Å². The van der Waals surface area contributed by atoms with Crippen LogP contribution in [0.1, 0.15) is 36.5 Å². The molecule has 1 aromatic heterocycles. The van der Waals surface area contributed by atoms with Crippen molar-refractivity contribution in [2.45, 2.75) is 33.2 Å². The molecular weight excluding hydrogens is 234 g/mol. The molecule has 2 rings (SSSR count). The minimum absolute atomic E-state index is 0.423. The van der Waals surface area contributed by atoms with Gasteiger partial charge in [-0.1, -0.05) is 26.0 Å². The van der Waals surface area contributed by atoms with Crippen LogP contribution in [-0.4, -0.2) is 4.98 Å². The zero-order valence-corrected chi connectivity index (χ0v) is 11.8. The highest BCUT2D eigenvalue weighted by Gasteiger charge is 2.11. The minimum atomic E-state index is 0.423. The van der Waals surface area contributed by atoms with Crippen molar-refractivity contribution in [2.75, 3.05) is 5.32 Å². The van der Waals surface area contributed by atoms with E-state index in [1.54, 1.807) is 0 Å². The van der Waals surface area contributed by atoms with Crippen molar-refractivity contribution in [3.8, 4) is 0 Å². The second-order valence-corrected chi connectivity index (χ2v) is 5.08. The van der Waals surface area contributed by atoms with Gasteiger partial charge in [-0.25, -0.2) is 4.98 Å². The van der Waals surface area contributed by atoms with E-state index in [9.17, 15) is 0 Å². The fourth-order valence-corrected chi connectivity index (χ4v) is 2.32. The van der Waals surface area contributed by atoms with Gasteiger partial charge in [-0.05, 0) is 47.7 Å². The van der Waals surface area contributed by atoms with E-state index in [0.717, 1.165) is 11.5 Å². The van der Waals surface area contributed by atoms with Crippen LogP contribution in [-0.2, 0) is 6.54 Å². The Hall–Kier alpha value is -1.87. The smallest absolute Gasteiger partial charge is 0.130 e. The zero-order valence-electron chi connectivity index (χ0n) is 11.8. The fraction of sp³-hybridized carbons (Fsp3) is 0.312. The van der Waals surface area contributed by atoms with Gasteiger partial charge in [0.1, 0.15) is 5.82 Å². The molecule has 19 heavy (non-hydrogen) atoms. The number of hydrogen-bond donors (Lipinski definition) is 2. The molecular formula is C16H21N3. The summed E-state index contributed by atoms with van der Waals surface area (Å²) in [5.41, 5.74) is 10.6. The van der Waals surface area contributed by atoms with Gasteiger partial charge in [0.2, 0.25) is 0 Å². The molecule has 0 radical (unpaired) electrons. The van der Waals surface area contributed by atoms with Gasteiger partial charge in [0.15, 0.2) is 0 Å². The molecule has 1 heterocycles. The average molecular weight is 255 g/mol. The third kappa shape index (κ3) is 3.12. The summed E-state index contributed by atoms with van der Waals surface area (Å²) in [6.45, 7) is 6.99. The monoisotopic (exact) mass is 255 g/mol. The van der Waals surface area contributed by atoms with Crippen molar-refractivity contribution in [2.24, 2.45) is 5.73 Å². The summed E-state index contributed by atoms with van der Waals surface area (Å²) in [5, 5.41) is 3.40. The van der Waals surface area contributed by atoms with Crippen LogP contribution < -0.4 is 11.1 Å². The van der Waals surface area contributed by atoms with Gasteiger partial charge in [0.05, 0.1) is 0 Å². The van der Waals surface area contributed by atoms with Crippen molar-refractivity contribution >= 4 is 11.5 Å². The number of anilines is 2. The molecule has 3 nitrogen and oxygen atoms in total. The summed E-state index contributed by atoms with van der Waals surface area (Å²) in [6.07, 6.45) is 1.82. The Kier molecular flexibility index (Phi) is 4.17. The number of aryl methyl sites for hydroxylation is 1. The number of nitrogens with zero attached hydrogens (tertiary/aromatic N) is 1. The number of nitrogens with two attached hydrogens (primary N) is 1. The van der Waals surface area contributed by atoms with E-state index in [0.29, 0.717) is 12.5 Å². The summed E-state index contributed by atoms with van der Waals surface area (Å²) in [7, 11) is 0. The quantitative estimate of drug-likeness (QED) is 0.875. The number of benzene rings is 1. The Bertz CT molecular complexity index is 562. The van der Waals surface area contributed by atoms with Gasteiger partial charge in [0.25, 0.3) is 0 Å². The fourth-order valence-electron chi connectivity index (χ4n) is 2.32.